The van der Waals surface area contributed by atoms with E-state index in [9.17, 15) is 53.4 Å². The lowest BCUT2D eigenvalue weighted by atomic mass is 10.0. The van der Waals surface area contributed by atoms with Crippen LogP contribution in [0.4, 0.5) is 0 Å². The van der Waals surface area contributed by atoms with Gasteiger partial charge in [-0.3, -0.25) is 53.3 Å². The Morgan fingerprint density at radius 2 is 0.932 bits per heavy atom. The molecular formula is C44H85N19O11. The molecule has 0 aromatic carbocycles. The summed E-state index contributed by atoms with van der Waals surface area (Å²) < 4.78 is 0. The number of hydrogen-bond donors (Lipinski definition) is 18. The number of amides is 8. The van der Waals surface area contributed by atoms with E-state index in [0.29, 0.717) is 25.8 Å². The van der Waals surface area contributed by atoms with Crippen molar-refractivity contribution < 1.29 is 53.4 Å². The van der Waals surface area contributed by atoms with Gasteiger partial charge in [0.05, 0.1) is 18.7 Å². The summed E-state index contributed by atoms with van der Waals surface area (Å²) in [6.45, 7) is 9.37. The number of carboxylic acids is 1. The largest absolute Gasteiger partial charge is 0.480 e. The number of hydrogen-bond acceptors (Lipinski definition) is 15. The van der Waals surface area contributed by atoms with Crippen LogP contribution < -0.4 is 88.4 Å². The summed E-state index contributed by atoms with van der Waals surface area (Å²) in [5.41, 5.74) is 43.9. The third kappa shape index (κ3) is 28.8. The Bertz CT molecular complexity index is 1920. The summed E-state index contributed by atoms with van der Waals surface area (Å²) in [5.74, 6) is -9.15. The SMILES string of the molecule is CC(C)C[C@H](NC(=O)[C@@H](N)CCCN=C(N)N)C(=O)NCC(=O)N[C@H](C(=O)N[C@@H](CCCN=C(N)N)C(=O)N[C@@H](C)C(=O)N[C@H](C(=O)N[C@@H](CCCN=C(N)N)C(=O)N[C@@H](CCCCN)C(=O)O)[C@@H](C)O)C(C)C. The number of aliphatic imine (C=N–C) groups is 3. The zero-order chi connectivity index (χ0) is 56.7. The molecule has 26 N–H and O–H groups in total. The van der Waals surface area contributed by atoms with Gasteiger partial charge in [0.15, 0.2) is 17.9 Å². The predicted octanol–water partition coefficient (Wildman–Crippen LogP) is -6.70. The first-order valence-corrected chi connectivity index (χ1v) is 24.5. The third-order valence-electron chi connectivity index (χ3n) is 10.9. The van der Waals surface area contributed by atoms with Gasteiger partial charge >= 0.3 is 5.97 Å². The molecule has 0 saturated heterocycles. The molecule has 0 aliphatic rings. The highest BCUT2D eigenvalue weighted by atomic mass is 16.4. The summed E-state index contributed by atoms with van der Waals surface area (Å²) >= 11 is 0. The number of nitrogens with zero attached hydrogens (tertiary/aromatic N) is 3. The number of unbranched alkanes of at least 4 members (excludes halogenated alkanes) is 1. The molecule has 0 bridgehead atoms. The van der Waals surface area contributed by atoms with Gasteiger partial charge in [-0.1, -0.05) is 27.7 Å². The van der Waals surface area contributed by atoms with Crippen LogP contribution in [0.3, 0.4) is 0 Å². The van der Waals surface area contributed by atoms with E-state index in [1.54, 1.807) is 13.8 Å². The number of nitrogens with two attached hydrogens (primary N) is 8. The van der Waals surface area contributed by atoms with Crippen LogP contribution in [-0.4, -0.2) is 168 Å². The van der Waals surface area contributed by atoms with E-state index in [0.717, 1.165) is 0 Å². The molecule has 0 unspecified atom stereocenters. The minimum absolute atomic E-state index is 0.0371. The van der Waals surface area contributed by atoms with Crippen molar-refractivity contribution in [1.82, 2.24) is 42.5 Å². The van der Waals surface area contributed by atoms with Gasteiger partial charge in [0.25, 0.3) is 0 Å². The minimum Gasteiger partial charge on any atom is -0.480 e. The Kier molecular flexibility index (Phi) is 32.5. The fourth-order valence-electron chi connectivity index (χ4n) is 6.84. The Morgan fingerprint density at radius 1 is 0.486 bits per heavy atom. The van der Waals surface area contributed by atoms with Crippen LogP contribution in [0.5, 0.6) is 0 Å². The van der Waals surface area contributed by atoms with Crippen LogP contribution in [0.15, 0.2) is 15.0 Å². The minimum atomic E-state index is -1.71. The number of rotatable bonds is 37. The summed E-state index contributed by atoms with van der Waals surface area (Å²) in [6.07, 6.45) is 0.317. The molecule has 30 heteroatoms. The van der Waals surface area contributed by atoms with Crippen molar-refractivity contribution in [2.24, 2.45) is 72.7 Å². The van der Waals surface area contributed by atoms with Gasteiger partial charge in [0.2, 0.25) is 47.3 Å². The van der Waals surface area contributed by atoms with E-state index in [1.807, 2.05) is 13.8 Å². The molecule has 0 saturated carbocycles. The fraction of sp³-hybridized carbons (Fsp3) is 0.727. The van der Waals surface area contributed by atoms with Crippen LogP contribution in [0.25, 0.3) is 0 Å². The molecule has 74 heavy (non-hydrogen) atoms. The number of guanidine groups is 3. The second kappa shape index (κ2) is 35.9. The molecular weight excluding hydrogens is 971 g/mol. The number of aliphatic hydroxyl groups is 1. The van der Waals surface area contributed by atoms with Crippen LogP contribution >= 0.6 is 0 Å². The van der Waals surface area contributed by atoms with Crippen molar-refractivity contribution >= 4 is 71.1 Å². The average Bonchev–Trinajstić information content (AvgIpc) is 3.30. The van der Waals surface area contributed by atoms with Crippen LogP contribution in [0.1, 0.15) is 106 Å². The Balaban J connectivity index is 6.15. The normalized spacial score (nSPS) is 14.6. The van der Waals surface area contributed by atoms with E-state index in [-0.39, 0.29) is 88.4 Å². The van der Waals surface area contributed by atoms with Gasteiger partial charge in [-0.2, -0.15) is 0 Å². The lowest BCUT2D eigenvalue weighted by molar-refractivity contribution is -0.142. The van der Waals surface area contributed by atoms with Crippen molar-refractivity contribution in [2.75, 3.05) is 32.7 Å². The molecule has 9 atom stereocenters. The first kappa shape index (κ1) is 66.9. The highest BCUT2D eigenvalue weighted by Crippen LogP contribution is 2.10. The quantitative estimate of drug-likeness (QED) is 0.0156. The highest BCUT2D eigenvalue weighted by Gasteiger charge is 2.35. The number of carbonyl (C=O) groups excluding carboxylic acids is 8. The molecule has 0 aromatic rings. The maximum Gasteiger partial charge on any atom is 0.326 e. The summed E-state index contributed by atoms with van der Waals surface area (Å²) in [5, 5.41) is 40.2. The summed E-state index contributed by atoms with van der Waals surface area (Å²) in [7, 11) is 0. The number of carboxylic acid groups (broad SMARTS) is 1. The maximum atomic E-state index is 13.8. The van der Waals surface area contributed by atoms with Gasteiger partial charge in [-0.05, 0) is 96.4 Å². The van der Waals surface area contributed by atoms with Crippen molar-refractivity contribution in [3.63, 3.8) is 0 Å². The molecule has 0 aromatic heterocycles. The zero-order valence-corrected chi connectivity index (χ0v) is 43.5. The van der Waals surface area contributed by atoms with Gasteiger partial charge in [0, 0.05) is 19.6 Å². The lowest BCUT2D eigenvalue weighted by Gasteiger charge is -2.28. The van der Waals surface area contributed by atoms with Crippen molar-refractivity contribution in [1.29, 1.82) is 0 Å². The number of aliphatic carboxylic acids is 1. The molecule has 30 nitrogen and oxygen atoms in total. The van der Waals surface area contributed by atoms with Crippen molar-refractivity contribution in [3.8, 4) is 0 Å². The van der Waals surface area contributed by atoms with Crippen molar-refractivity contribution in [3.05, 3.63) is 0 Å². The topological polar surface area (TPSA) is 536 Å². The number of carbonyl (C=O) groups is 9. The highest BCUT2D eigenvalue weighted by molar-refractivity contribution is 5.97. The Labute approximate surface area is 431 Å². The fourth-order valence-corrected chi connectivity index (χ4v) is 6.84. The molecule has 422 valence electrons. The van der Waals surface area contributed by atoms with E-state index in [1.165, 1.54) is 13.8 Å². The van der Waals surface area contributed by atoms with Crippen LogP contribution in [0, 0.1) is 11.8 Å². The lowest BCUT2D eigenvalue weighted by Crippen LogP contribution is -2.61. The van der Waals surface area contributed by atoms with E-state index in [2.05, 4.69) is 57.5 Å². The summed E-state index contributed by atoms with van der Waals surface area (Å²) in [4.78, 5) is 131. The van der Waals surface area contributed by atoms with E-state index < -0.39 is 120 Å². The third-order valence-corrected chi connectivity index (χ3v) is 10.9. The smallest absolute Gasteiger partial charge is 0.326 e. The number of nitrogens with one attached hydrogen (secondary N) is 8. The maximum absolute atomic E-state index is 13.8. The molecule has 0 aliphatic carbocycles. The van der Waals surface area contributed by atoms with Crippen LogP contribution in [0.2, 0.25) is 0 Å². The van der Waals surface area contributed by atoms with E-state index >= 15 is 0 Å². The van der Waals surface area contributed by atoms with Gasteiger partial charge in [-0.15, -0.1) is 0 Å². The molecule has 8 amide bonds. The second-order valence-electron chi connectivity index (χ2n) is 18.4. The monoisotopic (exact) mass is 1060 g/mol. The first-order chi connectivity index (χ1) is 34.6. The second-order valence-corrected chi connectivity index (χ2v) is 18.4. The molecule has 0 fully saturated rings. The molecule has 0 aliphatic heterocycles. The standard InChI is InChI=1S/C44H85N19O11/c1-22(2)20-30(61-35(67)26(46)12-9-17-53-42(47)48)36(68)56-21-31(65)62-32(23(3)4)39(71)58-27(14-10-18-54-43(49)50)37(69)57-24(5)34(66)63-33(25(6)64)40(72)59-28(15-11-19-55-44(51)52)38(70)60-29(41(73)74)13-7-8-16-45/h22-30,32-33,64H,7-21,45-46H2,1-6H3,(H,56,68)(H,57,69)(H,58,71)(H,59,72)(H,60,70)(H,61,67)(H,62,65)(H,63,66)(H,73,74)(H4,47,48,53)(H4,49,50,54)(H4,51,52,55)/t24-,25+,26-,27-,28-,29-,30-,32-,33-/m0/s1. The van der Waals surface area contributed by atoms with E-state index in [4.69, 9.17) is 45.9 Å². The number of aliphatic hydroxyl groups excluding tert-OH is 1. The first-order valence-electron chi connectivity index (χ1n) is 24.5. The molecule has 0 radical (unpaired) electrons. The molecule has 0 rings (SSSR count). The van der Waals surface area contributed by atoms with Crippen LogP contribution in [-0.2, 0) is 43.2 Å². The Hall–Kier alpha value is -7.08. The molecule has 0 spiro atoms. The van der Waals surface area contributed by atoms with Crippen molar-refractivity contribution in [2.45, 2.75) is 160 Å². The molecule has 0 heterocycles. The van der Waals surface area contributed by atoms with Gasteiger partial charge in [0.1, 0.15) is 42.3 Å². The average molecular weight is 1060 g/mol. The predicted molar refractivity (Wildman–Crippen MR) is 276 cm³/mol. The Morgan fingerprint density at radius 3 is 1.38 bits per heavy atom. The van der Waals surface area contributed by atoms with Gasteiger partial charge < -0.3 is 98.6 Å². The van der Waals surface area contributed by atoms with Gasteiger partial charge in [-0.25, -0.2) is 4.79 Å². The zero-order valence-electron chi connectivity index (χ0n) is 43.5. The summed E-state index contributed by atoms with van der Waals surface area (Å²) in [6, 6.07) is -10.5.